The molecule has 3 rings (SSSR count). The summed E-state index contributed by atoms with van der Waals surface area (Å²) in [5.74, 6) is 0.156. The average molecular weight is 346 g/mol. The first-order chi connectivity index (χ1) is 11.7. The molecule has 25 heavy (non-hydrogen) atoms. The van der Waals surface area contributed by atoms with Crippen molar-refractivity contribution in [3.63, 3.8) is 0 Å². The summed E-state index contributed by atoms with van der Waals surface area (Å²) in [5.41, 5.74) is 12.4. The van der Waals surface area contributed by atoms with Gasteiger partial charge in [0.15, 0.2) is 0 Å². The van der Waals surface area contributed by atoms with Crippen molar-refractivity contribution in [2.75, 3.05) is 11.5 Å². The van der Waals surface area contributed by atoms with Crippen molar-refractivity contribution in [2.24, 2.45) is 0 Å². The Hall–Kier alpha value is -3.16. The van der Waals surface area contributed by atoms with Crippen LogP contribution in [0.3, 0.4) is 0 Å². The van der Waals surface area contributed by atoms with Gasteiger partial charge in [-0.05, 0) is 47.9 Å². The summed E-state index contributed by atoms with van der Waals surface area (Å²) in [7, 11) is 0. The number of rotatable bonds is 2. The van der Waals surface area contributed by atoms with E-state index >= 15 is 0 Å². The summed E-state index contributed by atoms with van der Waals surface area (Å²) in [5, 5.41) is 0.511. The maximum absolute atomic E-state index is 13.1. The number of nitrogens with zero attached hydrogens (tertiary/aromatic N) is 2. The molecule has 1 aromatic heterocycles. The molecule has 0 aliphatic carbocycles. The minimum atomic E-state index is -4.56. The first kappa shape index (κ1) is 16.7. The van der Waals surface area contributed by atoms with E-state index in [0.717, 1.165) is 12.1 Å². The second-order valence-corrected chi connectivity index (χ2v) is 5.56. The average Bonchev–Trinajstić information content (AvgIpc) is 2.53. The summed E-state index contributed by atoms with van der Waals surface area (Å²) < 4.78 is 39.3. The minimum Gasteiger partial charge on any atom is -0.383 e. The number of hydrogen-bond donors (Lipinski definition) is 2. The lowest BCUT2D eigenvalue weighted by Gasteiger charge is -2.14. The molecule has 4 N–H and O–H groups in total. The number of halogens is 3. The summed E-state index contributed by atoms with van der Waals surface area (Å²) in [4.78, 5) is 19.0. The molecule has 0 saturated carbocycles. The second-order valence-electron chi connectivity index (χ2n) is 5.56. The van der Waals surface area contributed by atoms with Gasteiger partial charge in [0, 0.05) is 10.9 Å². The maximum Gasteiger partial charge on any atom is 0.416 e. The molecule has 0 spiro atoms. The molecule has 0 unspecified atom stereocenters. The number of anilines is 2. The number of aryl methyl sites for hydroxylation is 1. The van der Waals surface area contributed by atoms with E-state index in [2.05, 4.69) is 9.97 Å². The van der Waals surface area contributed by atoms with Crippen LogP contribution in [0.5, 0.6) is 0 Å². The third-order valence-electron chi connectivity index (χ3n) is 3.90. The monoisotopic (exact) mass is 346 g/mol. The molecule has 1 heterocycles. The van der Waals surface area contributed by atoms with Crippen molar-refractivity contribution < 1.29 is 18.0 Å². The number of alkyl halides is 3. The number of nitrogen functional groups attached to an aromatic ring is 2. The molecule has 3 aromatic rings. The standard InChI is InChI=1S/C17H13F3N4O/c1-8-12(2-3-13-14(8)15(21)24-16(22)23-13)10-4-9(7-25)5-11(6-10)17(18,19)20/h2-7H,1H3,(H4,21,22,23,24). The Balaban J connectivity index is 2.30. The van der Waals surface area contributed by atoms with Crippen LogP contribution in [0.2, 0.25) is 0 Å². The molecule has 128 valence electrons. The highest BCUT2D eigenvalue weighted by Crippen LogP contribution is 2.36. The SMILES string of the molecule is Cc1c(-c2cc(C=O)cc(C(F)(F)F)c2)ccc2nc(N)nc(N)c12. The highest BCUT2D eigenvalue weighted by molar-refractivity contribution is 5.96. The lowest BCUT2D eigenvalue weighted by atomic mass is 9.94. The van der Waals surface area contributed by atoms with Crippen LogP contribution in [0.4, 0.5) is 24.9 Å². The van der Waals surface area contributed by atoms with Gasteiger partial charge in [-0.2, -0.15) is 18.2 Å². The van der Waals surface area contributed by atoms with Gasteiger partial charge in [0.05, 0.1) is 11.1 Å². The van der Waals surface area contributed by atoms with Gasteiger partial charge >= 0.3 is 6.18 Å². The Labute approximate surface area is 140 Å². The van der Waals surface area contributed by atoms with E-state index in [-0.39, 0.29) is 22.9 Å². The number of aromatic nitrogens is 2. The van der Waals surface area contributed by atoms with Crippen molar-refractivity contribution in [3.05, 3.63) is 47.0 Å². The van der Waals surface area contributed by atoms with E-state index in [9.17, 15) is 18.0 Å². The third kappa shape index (κ3) is 2.98. The Bertz CT molecular complexity index is 999. The van der Waals surface area contributed by atoms with Crippen LogP contribution in [0.15, 0.2) is 30.3 Å². The first-order valence-corrected chi connectivity index (χ1v) is 7.21. The van der Waals surface area contributed by atoms with Gasteiger partial charge in [-0.15, -0.1) is 0 Å². The van der Waals surface area contributed by atoms with Crippen LogP contribution < -0.4 is 11.5 Å². The van der Waals surface area contributed by atoms with Crippen LogP contribution in [-0.2, 0) is 6.18 Å². The Morgan fingerprint density at radius 2 is 1.80 bits per heavy atom. The van der Waals surface area contributed by atoms with Crippen LogP contribution in [0.1, 0.15) is 21.5 Å². The van der Waals surface area contributed by atoms with Gasteiger partial charge in [-0.1, -0.05) is 6.07 Å². The summed E-state index contributed by atoms with van der Waals surface area (Å²) in [6, 6.07) is 6.42. The number of aldehydes is 1. The molecule has 0 radical (unpaired) electrons. The van der Waals surface area contributed by atoms with E-state index in [0.29, 0.717) is 28.3 Å². The molecular weight excluding hydrogens is 333 g/mol. The highest BCUT2D eigenvalue weighted by atomic mass is 19.4. The molecule has 0 aliphatic heterocycles. The van der Waals surface area contributed by atoms with E-state index in [4.69, 9.17) is 11.5 Å². The second kappa shape index (κ2) is 5.73. The molecule has 0 bridgehead atoms. The summed E-state index contributed by atoms with van der Waals surface area (Å²) >= 11 is 0. The molecule has 0 saturated heterocycles. The fourth-order valence-electron chi connectivity index (χ4n) is 2.79. The lowest BCUT2D eigenvalue weighted by Crippen LogP contribution is -2.06. The largest absolute Gasteiger partial charge is 0.416 e. The predicted octanol–water partition coefficient (Wildman–Crippen LogP) is 3.60. The van der Waals surface area contributed by atoms with E-state index in [1.165, 1.54) is 6.07 Å². The number of benzene rings is 2. The topological polar surface area (TPSA) is 94.9 Å². The van der Waals surface area contributed by atoms with Crippen molar-refractivity contribution in [1.82, 2.24) is 9.97 Å². The van der Waals surface area contributed by atoms with Gasteiger partial charge in [0.1, 0.15) is 12.1 Å². The number of fused-ring (bicyclic) bond motifs is 1. The molecule has 0 aliphatic rings. The number of carbonyl (C=O) groups excluding carboxylic acids is 1. The fourth-order valence-corrected chi connectivity index (χ4v) is 2.79. The Morgan fingerprint density at radius 3 is 2.44 bits per heavy atom. The fraction of sp³-hybridized carbons (Fsp3) is 0.118. The molecule has 0 amide bonds. The molecule has 2 aromatic carbocycles. The zero-order valence-electron chi connectivity index (χ0n) is 13.1. The van der Waals surface area contributed by atoms with Crippen molar-refractivity contribution in [1.29, 1.82) is 0 Å². The van der Waals surface area contributed by atoms with E-state index in [1.807, 2.05) is 0 Å². The van der Waals surface area contributed by atoms with Gasteiger partial charge < -0.3 is 11.5 Å². The molecule has 5 nitrogen and oxygen atoms in total. The van der Waals surface area contributed by atoms with Crippen molar-refractivity contribution in [2.45, 2.75) is 13.1 Å². The van der Waals surface area contributed by atoms with Crippen LogP contribution in [-0.4, -0.2) is 16.3 Å². The highest BCUT2D eigenvalue weighted by Gasteiger charge is 2.31. The van der Waals surface area contributed by atoms with Gasteiger partial charge in [0.25, 0.3) is 0 Å². The van der Waals surface area contributed by atoms with Crippen LogP contribution >= 0.6 is 0 Å². The smallest absolute Gasteiger partial charge is 0.383 e. The zero-order chi connectivity index (χ0) is 18.4. The summed E-state index contributed by atoms with van der Waals surface area (Å²) in [6.45, 7) is 1.70. The van der Waals surface area contributed by atoms with Crippen molar-refractivity contribution in [3.8, 4) is 11.1 Å². The molecule has 0 fully saturated rings. The zero-order valence-corrected chi connectivity index (χ0v) is 13.1. The van der Waals surface area contributed by atoms with Crippen LogP contribution in [0, 0.1) is 6.92 Å². The van der Waals surface area contributed by atoms with Crippen molar-refractivity contribution >= 4 is 29.0 Å². The summed E-state index contributed by atoms with van der Waals surface area (Å²) in [6.07, 6.45) is -4.18. The third-order valence-corrected chi connectivity index (χ3v) is 3.90. The van der Waals surface area contributed by atoms with Crippen LogP contribution in [0.25, 0.3) is 22.0 Å². The number of nitrogens with two attached hydrogens (primary N) is 2. The lowest BCUT2D eigenvalue weighted by molar-refractivity contribution is -0.137. The van der Waals surface area contributed by atoms with Gasteiger partial charge in [-0.25, -0.2) is 4.98 Å². The Kier molecular flexibility index (Phi) is 3.82. The van der Waals surface area contributed by atoms with E-state index in [1.54, 1.807) is 19.1 Å². The van der Waals surface area contributed by atoms with E-state index < -0.39 is 11.7 Å². The predicted molar refractivity (Wildman–Crippen MR) is 88.9 cm³/mol. The normalized spacial score (nSPS) is 11.7. The Morgan fingerprint density at radius 1 is 1.08 bits per heavy atom. The number of carbonyl (C=O) groups is 1. The van der Waals surface area contributed by atoms with Gasteiger partial charge in [-0.3, -0.25) is 4.79 Å². The first-order valence-electron chi connectivity index (χ1n) is 7.21. The van der Waals surface area contributed by atoms with Gasteiger partial charge in [0.2, 0.25) is 5.95 Å². The molecule has 0 atom stereocenters. The minimum absolute atomic E-state index is 0.0134. The molecule has 8 heteroatoms. The maximum atomic E-state index is 13.1. The number of hydrogen-bond acceptors (Lipinski definition) is 5. The molecular formula is C17H13F3N4O. The quantitative estimate of drug-likeness (QED) is 0.691.